The Labute approximate surface area is 142 Å². The number of ether oxygens (including phenoxy) is 2. The SMILES string of the molecule is C[C@H](OC[C@@H]1CCCO1)C(=O)N1C[C@@H](c2ccc(F)cc2)C[C@H]1C. The number of rotatable bonds is 5. The third-order valence-corrected chi connectivity index (χ3v) is 5.10. The predicted octanol–water partition coefficient (Wildman–Crippen LogP) is 3.11. The zero-order valence-corrected chi connectivity index (χ0v) is 14.4. The van der Waals surface area contributed by atoms with Crippen LogP contribution < -0.4 is 0 Å². The van der Waals surface area contributed by atoms with Crippen LogP contribution in [-0.4, -0.2) is 48.8 Å². The molecule has 1 amide bonds. The summed E-state index contributed by atoms with van der Waals surface area (Å²) < 4.78 is 24.4. The fraction of sp³-hybridized carbons (Fsp3) is 0.632. The van der Waals surface area contributed by atoms with E-state index in [0.717, 1.165) is 31.4 Å². The number of halogens is 1. The molecule has 1 aromatic rings. The molecule has 2 aliphatic heterocycles. The second-order valence-electron chi connectivity index (χ2n) is 6.93. The third-order valence-electron chi connectivity index (χ3n) is 5.10. The predicted molar refractivity (Wildman–Crippen MR) is 89.3 cm³/mol. The van der Waals surface area contributed by atoms with E-state index < -0.39 is 6.10 Å². The number of benzene rings is 1. The average Bonchev–Trinajstić information content (AvgIpc) is 3.22. The highest BCUT2D eigenvalue weighted by Gasteiger charge is 2.35. The Morgan fingerprint density at radius 2 is 2.17 bits per heavy atom. The highest BCUT2D eigenvalue weighted by atomic mass is 19.1. The number of nitrogens with zero attached hydrogens (tertiary/aromatic N) is 1. The maximum absolute atomic E-state index is 13.1. The Balaban J connectivity index is 1.55. The van der Waals surface area contributed by atoms with Gasteiger partial charge in [-0.05, 0) is 50.8 Å². The van der Waals surface area contributed by atoms with E-state index in [1.54, 1.807) is 0 Å². The van der Waals surface area contributed by atoms with E-state index in [1.807, 2.05) is 24.0 Å². The van der Waals surface area contributed by atoms with Gasteiger partial charge in [0, 0.05) is 25.1 Å². The van der Waals surface area contributed by atoms with Gasteiger partial charge >= 0.3 is 0 Å². The molecule has 2 aliphatic rings. The first-order valence-corrected chi connectivity index (χ1v) is 8.83. The highest BCUT2D eigenvalue weighted by molar-refractivity contribution is 5.81. The summed E-state index contributed by atoms with van der Waals surface area (Å²) in [4.78, 5) is 14.6. The number of carbonyl (C=O) groups is 1. The molecule has 132 valence electrons. The van der Waals surface area contributed by atoms with Crippen LogP contribution in [0.4, 0.5) is 4.39 Å². The Kier molecular flexibility index (Phi) is 5.51. The highest BCUT2D eigenvalue weighted by Crippen LogP contribution is 2.32. The monoisotopic (exact) mass is 335 g/mol. The van der Waals surface area contributed by atoms with Crippen molar-refractivity contribution in [3.8, 4) is 0 Å². The smallest absolute Gasteiger partial charge is 0.251 e. The quantitative estimate of drug-likeness (QED) is 0.830. The molecule has 0 saturated carbocycles. The van der Waals surface area contributed by atoms with Gasteiger partial charge in [0.15, 0.2) is 0 Å². The summed E-state index contributed by atoms with van der Waals surface area (Å²) in [5, 5.41) is 0. The minimum atomic E-state index is -0.455. The first kappa shape index (κ1) is 17.4. The molecule has 24 heavy (non-hydrogen) atoms. The van der Waals surface area contributed by atoms with Gasteiger partial charge in [-0.1, -0.05) is 12.1 Å². The number of carbonyl (C=O) groups excluding carboxylic acids is 1. The molecule has 0 radical (unpaired) electrons. The van der Waals surface area contributed by atoms with E-state index >= 15 is 0 Å². The van der Waals surface area contributed by atoms with Crippen LogP contribution in [0.3, 0.4) is 0 Å². The van der Waals surface area contributed by atoms with E-state index in [4.69, 9.17) is 9.47 Å². The van der Waals surface area contributed by atoms with Gasteiger partial charge in [0.1, 0.15) is 11.9 Å². The molecule has 3 rings (SSSR count). The van der Waals surface area contributed by atoms with Crippen molar-refractivity contribution in [3.63, 3.8) is 0 Å². The molecule has 5 heteroatoms. The van der Waals surface area contributed by atoms with Crippen molar-refractivity contribution in [2.24, 2.45) is 0 Å². The minimum absolute atomic E-state index is 0.0325. The first-order valence-electron chi connectivity index (χ1n) is 8.83. The zero-order chi connectivity index (χ0) is 17.1. The van der Waals surface area contributed by atoms with Crippen LogP contribution >= 0.6 is 0 Å². The van der Waals surface area contributed by atoms with Gasteiger partial charge in [-0.15, -0.1) is 0 Å². The Hall–Kier alpha value is -1.46. The summed E-state index contributed by atoms with van der Waals surface area (Å²) >= 11 is 0. The van der Waals surface area contributed by atoms with Gasteiger partial charge in [-0.3, -0.25) is 4.79 Å². The average molecular weight is 335 g/mol. The summed E-state index contributed by atoms with van der Waals surface area (Å²) in [5.41, 5.74) is 1.09. The Morgan fingerprint density at radius 1 is 1.42 bits per heavy atom. The number of hydrogen-bond acceptors (Lipinski definition) is 3. The first-order chi connectivity index (χ1) is 11.5. The second-order valence-corrected chi connectivity index (χ2v) is 6.93. The summed E-state index contributed by atoms with van der Waals surface area (Å²) in [7, 11) is 0. The molecule has 2 heterocycles. The number of hydrogen-bond donors (Lipinski definition) is 0. The molecule has 0 N–H and O–H groups in total. The van der Waals surface area contributed by atoms with Gasteiger partial charge in [0.2, 0.25) is 0 Å². The van der Waals surface area contributed by atoms with E-state index in [-0.39, 0.29) is 29.8 Å². The fourth-order valence-corrected chi connectivity index (χ4v) is 3.65. The van der Waals surface area contributed by atoms with Crippen molar-refractivity contribution in [1.29, 1.82) is 0 Å². The van der Waals surface area contributed by atoms with Crippen LogP contribution in [0.2, 0.25) is 0 Å². The van der Waals surface area contributed by atoms with E-state index in [0.29, 0.717) is 13.2 Å². The summed E-state index contributed by atoms with van der Waals surface area (Å²) in [5.74, 6) is 0.0638. The van der Waals surface area contributed by atoms with Crippen molar-refractivity contribution < 1.29 is 18.7 Å². The maximum atomic E-state index is 13.1. The lowest BCUT2D eigenvalue weighted by Gasteiger charge is -2.25. The fourth-order valence-electron chi connectivity index (χ4n) is 3.65. The molecular weight excluding hydrogens is 309 g/mol. The molecule has 0 spiro atoms. The number of likely N-dealkylation sites (tertiary alicyclic amines) is 1. The summed E-state index contributed by atoms with van der Waals surface area (Å²) in [6.45, 7) is 5.82. The van der Waals surface area contributed by atoms with E-state index in [1.165, 1.54) is 12.1 Å². The van der Waals surface area contributed by atoms with Crippen molar-refractivity contribution in [2.45, 2.75) is 57.3 Å². The zero-order valence-electron chi connectivity index (χ0n) is 14.4. The van der Waals surface area contributed by atoms with Gasteiger partial charge < -0.3 is 14.4 Å². The molecule has 4 nitrogen and oxygen atoms in total. The summed E-state index contributed by atoms with van der Waals surface area (Å²) in [6, 6.07) is 6.77. The van der Waals surface area contributed by atoms with Crippen molar-refractivity contribution in [3.05, 3.63) is 35.6 Å². The minimum Gasteiger partial charge on any atom is -0.376 e. The van der Waals surface area contributed by atoms with E-state index in [2.05, 4.69) is 6.92 Å². The van der Waals surface area contributed by atoms with Crippen LogP contribution in [-0.2, 0) is 14.3 Å². The second kappa shape index (κ2) is 7.62. The molecule has 1 aromatic carbocycles. The van der Waals surface area contributed by atoms with Crippen LogP contribution in [0, 0.1) is 5.82 Å². The standard InChI is InChI=1S/C19H26FNO3/c1-13-10-16(15-5-7-17(20)8-6-15)11-21(13)19(22)14(2)24-12-18-4-3-9-23-18/h5-8,13-14,16,18H,3-4,9-12H2,1-2H3/t13-,14+,16+,18+/m1/s1. The lowest BCUT2D eigenvalue weighted by atomic mass is 9.97. The third kappa shape index (κ3) is 3.95. The Morgan fingerprint density at radius 3 is 2.83 bits per heavy atom. The van der Waals surface area contributed by atoms with Crippen molar-refractivity contribution >= 4 is 5.91 Å². The maximum Gasteiger partial charge on any atom is 0.251 e. The molecule has 2 saturated heterocycles. The molecular formula is C19H26FNO3. The van der Waals surface area contributed by atoms with E-state index in [9.17, 15) is 9.18 Å². The molecule has 2 fully saturated rings. The lowest BCUT2D eigenvalue weighted by molar-refractivity contribution is -0.145. The van der Waals surface area contributed by atoms with Crippen molar-refractivity contribution in [2.75, 3.05) is 19.8 Å². The molecule has 4 atom stereocenters. The van der Waals surface area contributed by atoms with Crippen molar-refractivity contribution in [1.82, 2.24) is 4.90 Å². The van der Waals surface area contributed by atoms with Gasteiger partial charge in [0.05, 0.1) is 12.7 Å². The number of amides is 1. The van der Waals surface area contributed by atoms with Gasteiger partial charge in [0.25, 0.3) is 5.91 Å². The van der Waals surface area contributed by atoms with Crippen LogP contribution in [0.5, 0.6) is 0 Å². The molecule has 0 bridgehead atoms. The van der Waals surface area contributed by atoms with Crippen LogP contribution in [0.25, 0.3) is 0 Å². The molecule has 0 unspecified atom stereocenters. The molecule has 0 aromatic heterocycles. The Bertz CT molecular complexity index is 556. The van der Waals surface area contributed by atoms with Gasteiger partial charge in [-0.25, -0.2) is 4.39 Å². The van der Waals surface area contributed by atoms with Gasteiger partial charge in [-0.2, -0.15) is 0 Å². The topological polar surface area (TPSA) is 38.8 Å². The lowest BCUT2D eigenvalue weighted by Crippen LogP contribution is -2.41. The molecule has 0 aliphatic carbocycles. The van der Waals surface area contributed by atoms with Crippen LogP contribution in [0.1, 0.15) is 44.6 Å². The summed E-state index contributed by atoms with van der Waals surface area (Å²) in [6.07, 6.45) is 2.65. The van der Waals surface area contributed by atoms with Crippen LogP contribution in [0.15, 0.2) is 24.3 Å². The normalized spacial score (nSPS) is 28.3. The largest absolute Gasteiger partial charge is 0.376 e.